The lowest BCUT2D eigenvalue weighted by atomic mass is 9.98. The van der Waals surface area contributed by atoms with E-state index in [0.29, 0.717) is 25.4 Å². The van der Waals surface area contributed by atoms with Crippen LogP contribution in [0.1, 0.15) is 19.3 Å². The molecule has 0 aliphatic carbocycles. The summed E-state index contributed by atoms with van der Waals surface area (Å²) in [6, 6.07) is 0. The third kappa shape index (κ3) is 5.70. The van der Waals surface area contributed by atoms with Gasteiger partial charge in [0.25, 0.3) is 0 Å². The number of likely N-dealkylation sites (tertiary alicyclic amines) is 1. The molecular formula is C10H19ClN2O3S. The molecule has 1 rings (SSSR count). The quantitative estimate of drug-likeness (QED) is 0.743. The van der Waals surface area contributed by atoms with E-state index in [4.69, 9.17) is 11.6 Å². The fourth-order valence-electron chi connectivity index (χ4n) is 1.97. The first-order valence-corrected chi connectivity index (χ1v) is 8.13. The minimum Gasteiger partial charge on any atom is -0.342 e. The highest BCUT2D eigenvalue weighted by Crippen LogP contribution is 2.16. The van der Waals surface area contributed by atoms with Gasteiger partial charge in [-0.15, -0.1) is 11.6 Å². The van der Waals surface area contributed by atoms with E-state index in [2.05, 4.69) is 4.72 Å². The zero-order chi connectivity index (χ0) is 12.9. The number of hydrogen-bond donors (Lipinski definition) is 1. The van der Waals surface area contributed by atoms with Crippen molar-refractivity contribution in [1.82, 2.24) is 9.62 Å². The first-order valence-electron chi connectivity index (χ1n) is 5.71. The van der Waals surface area contributed by atoms with Gasteiger partial charge in [0, 0.05) is 31.9 Å². The molecule has 1 amide bonds. The molecular weight excluding hydrogens is 264 g/mol. The normalized spacial score (nSPS) is 21.5. The van der Waals surface area contributed by atoms with E-state index in [9.17, 15) is 13.2 Å². The number of piperidine rings is 1. The van der Waals surface area contributed by atoms with Crippen LogP contribution in [0.3, 0.4) is 0 Å². The van der Waals surface area contributed by atoms with Crippen molar-refractivity contribution >= 4 is 27.5 Å². The standard InChI is InChI=1S/C10H19ClN2O3S/c1-17(15,16)12-7-9-3-2-6-13(8-9)10(14)4-5-11/h9,12H,2-8H2,1H3. The van der Waals surface area contributed by atoms with Gasteiger partial charge in [0.15, 0.2) is 0 Å². The Morgan fingerprint density at radius 1 is 1.53 bits per heavy atom. The highest BCUT2D eigenvalue weighted by atomic mass is 35.5. The van der Waals surface area contributed by atoms with Crippen LogP contribution in [0.5, 0.6) is 0 Å². The lowest BCUT2D eigenvalue weighted by Crippen LogP contribution is -2.43. The summed E-state index contributed by atoms with van der Waals surface area (Å²) in [6.45, 7) is 1.78. The molecule has 1 saturated heterocycles. The summed E-state index contributed by atoms with van der Waals surface area (Å²) < 4.78 is 24.5. The minimum absolute atomic E-state index is 0.0593. The molecule has 7 heteroatoms. The molecule has 17 heavy (non-hydrogen) atoms. The summed E-state index contributed by atoms with van der Waals surface area (Å²) in [5.74, 6) is 0.600. The van der Waals surface area contributed by atoms with E-state index >= 15 is 0 Å². The van der Waals surface area contributed by atoms with E-state index in [0.717, 1.165) is 25.6 Å². The number of amides is 1. The number of sulfonamides is 1. The highest BCUT2D eigenvalue weighted by molar-refractivity contribution is 7.88. The number of carbonyl (C=O) groups is 1. The topological polar surface area (TPSA) is 66.5 Å². The zero-order valence-electron chi connectivity index (χ0n) is 9.99. The maximum Gasteiger partial charge on any atom is 0.223 e. The molecule has 1 fully saturated rings. The maximum atomic E-state index is 11.6. The van der Waals surface area contributed by atoms with Gasteiger partial charge in [0.05, 0.1) is 6.26 Å². The van der Waals surface area contributed by atoms with E-state index in [1.807, 2.05) is 0 Å². The summed E-state index contributed by atoms with van der Waals surface area (Å²) in [6.07, 6.45) is 3.37. The molecule has 0 radical (unpaired) electrons. The number of nitrogens with zero attached hydrogens (tertiary/aromatic N) is 1. The summed E-state index contributed by atoms with van der Waals surface area (Å²) in [5, 5.41) is 0. The van der Waals surface area contributed by atoms with Crippen LogP contribution in [0.25, 0.3) is 0 Å². The van der Waals surface area contributed by atoms with Crippen molar-refractivity contribution in [3.05, 3.63) is 0 Å². The van der Waals surface area contributed by atoms with Gasteiger partial charge < -0.3 is 4.90 Å². The van der Waals surface area contributed by atoms with Crippen molar-refractivity contribution < 1.29 is 13.2 Å². The SMILES string of the molecule is CS(=O)(=O)NCC1CCCN(C(=O)CCCl)C1. The second-order valence-electron chi connectivity index (χ2n) is 4.41. The van der Waals surface area contributed by atoms with Gasteiger partial charge in [-0.1, -0.05) is 0 Å². The van der Waals surface area contributed by atoms with E-state index < -0.39 is 10.0 Å². The fourth-order valence-corrected chi connectivity index (χ4v) is 2.67. The highest BCUT2D eigenvalue weighted by Gasteiger charge is 2.23. The summed E-state index contributed by atoms with van der Waals surface area (Å²) in [5.41, 5.74) is 0. The predicted octanol–water partition coefficient (Wildman–Crippen LogP) is 0.403. The van der Waals surface area contributed by atoms with Crippen LogP contribution in [0.15, 0.2) is 0 Å². The zero-order valence-corrected chi connectivity index (χ0v) is 11.6. The number of halogens is 1. The number of nitrogens with one attached hydrogen (secondary N) is 1. The molecule has 1 unspecified atom stereocenters. The van der Waals surface area contributed by atoms with Gasteiger partial charge in [0.1, 0.15) is 0 Å². The van der Waals surface area contributed by atoms with Crippen molar-refractivity contribution in [3.63, 3.8) is 0 Å². The first-order chi connectivity index (χ1) is 7.92. The fraction of sp³-hybridized carbons (Fsp3) is 0.900. The van der Waals surface area contributed by atoms with E-state index in [1.165, 1.54) is 0 Å². The Balaban J connectivity index is 2.41. The molecule has 0 bridgehead atoms. The van der Waals surface area contributed by atoms with Crippen LogP contribution >= 0.6 is 11.6 Å². The molecule has 0 saturated carbocycles. The van der Waals surface area contributed by atoms with Crippen molar-refractivity contribution in [3.8, 4) is 0 Å². The lowest BCUT2D eigenvalue weighted by Gasteiger charge is -2.32. The van der Waals surface area contributed by atoms with Gasteiger partial charge in [-0.2, -0.15) is 0 Å². The molecule has 5 nitrogen and oxygen atoms in total. The van der Waals surface area contributed by atoms with Gasteiger partial charge >= 0.3 is 0 Å². The van der Waals surface area contributed by atoms with Gasteiger partial charge in [0.2, 0.25) is 15.9 Å². The second kappa shape index (κ2) is 6.56. The Labute approximate surface area is 108 Å². The largest absolute Gasteiger partial charge is 0.342 e. The minimum atomic E-state index is -3.15. The second-order valence-corrected chi connectivity index (χ2v) is 6.62. The monoisotopic (exact) mass is 282 g/mol. The molecule has 100 valence electrons. The summed E-state index contributed by atoms with van der Waals surface area (Å²) >= 11 is 5.53. The molecule has 0 aromatic heterocycles. The Bertz CT molecular complexity index is 359. The van der Waals surface area contributed by atoms with Crippen molar-refractivity contribution in [1.29, 1.82) is 0 Å². The number of carbonyl (C=O) groups excluding carboxylic acids is 1. The smallest absolute Gasteiger partial charge is 0.223 e. The maximum absolute atomic E-state index is 11.6. The van der Waals surface area contributed by atoms with Crippen molar-refractivity contribution in [2.45, 2.75) is 19.3 Å². The molecule has 1 aliphatic rings. The molecule has 0 spiro atoms. The van der Waals surface area contributed by atoms with Crippen LogP contribution in [-0.4, -0.2) is 51.0 Å². The Morgan fingerprint density at radius 3 is 2.82 bits per heavy atom. The van der Waals surface area contributed by atoms with Gasteiger partial charge in [-0.3, -0.25) is 4.79 Å². The molecule has 1 heterocycles. The Morgan fingerprint density at radius 2 is 2.24 bits per heavy atom. The van der Waals surface area contributed by atoms with Crippen LogP contribution in [-0.2, 0) is 14.8 Å². The Kier molecular flexibility index (Phi) is 5.69. The first kappa shape index (κ1) is 14.7. The Hall–Kier alpha value is -0.330. The molecule has 0 aromatic rings. The average molecular weight is 283 g/mol. The lowest BCUT2D eigenvalue weighted by molar-refractivity contribution is -0.132. The van der Waals surface area contributed by atoms with Crippen LogP contribution in [0.2, 0.25) is 0 Å². The summed E-state index contributed by atoms with van der Waals surface area (Å²) in [7, 11) is -3.15. The van der Waals surface area contributed by atoms with Crippen LogP contribution < -0.4 is 4.72 Å². The average Bonchev–Trinajstić information content (AvgIpc) is 2.26. The molecule has 1 atom stereocenters. The molecule has 1 aliphatic heterocycles. The molecule has 0 aromatic carbocycles. The van der Waals surface area contributed by atoms with Gasteiger partial charge in [-0.05, 0) is 18.8 Å². The predicted molar refractivity (Wildman–Crippen MR) is 67.5 cm³/mol. The number of rotatable bonds is 5. The third-order valence-electron chi connectivity index (χ3n) is 2.81. The van der Waals surface area contributed by atoms with Gasteiger partial charge in [-0.25, -0.2) is 13.1 Å². The molecule has 1 N–H and O–H groups in total. The van der Waals surface area contributed by atoms with Crippen molar-refractivity contribution in [2.75, 3.05) is 31.8 Å². The van der Waals surface area contributed by atoms with Crippen LogP contribution in [0.4, 0.5) is 0 Å². The van der Waals surface area contributed by atoms with E-state index in [-0.39, 0.29) is 11.8 Å². The summed E-state index contributed by atoms with van der Waals surface area (Å²) in [4.78, 5) is 13.4. The number of alkyl halides is 1. The van der Waals surface area contributed by atoms with E-state index in [1.54, 1.807) is 4.90 Å². The number of hydrogen-bond acceptors (Lipinski definition) is 3. The van der Waals surface area contributed by atoms with Crippen molar-refractivity contribution in [2.24, 2.45) is 5.92 Å². The van der Waals surface area contributed by atoms with Crippen LogP contribution in [0, 0.1) is 5.92 Å². The third-order valence-corrected chi connectivity index (χ3v) is 3.69.